The molecule has 0 heterocycles. The highest BCUT2D eigenvalue weighted by Crippen LogP contribution is 2.14. The Morgan fingerprint density at radius 2 is 2.36 bits per heavy atom. The van der Waals surface area contributed by atoms with E-state index in [-0.39, 0.29) is 18.6 Å². The zero-order valence-corrected chi connectivity index (χ0v) is 7.99. The maximum Gasteiger partial charge on any atom is 0.164 e. The van der Waals surface area contributed by atoms with E-state index in [9.17, 15) is 4.79 Å². The molecule has 3 nitrogen and oxygen atoms in total. The van der Waals surface area contributed by atoms with E-state index in [1.807, 2.05) is 6.07 Å². The molecule has 0 bridgehead atoms. The van der Waals surface area contributed by atoms with Crippen molar-refractivity contribution in [2.75, 3.05) is 7.11 Å². The van der Waals surface area contributed by atoms with Crippen molar-refractivity contribution in [3.8, 4) is 11.8 Å². The van der Waals surface area contributed by atoms with Gasteiger partial charge in [0.1, 0.15) is 5.75 Å². The highest BCUT2D eigenvalue weighted by molar-refractivity contribution is 5.96. The number of rotatable bonds is 4. The lowest BCUT2D eigenvalue weighted by Gasteiger charge is -2.01. The Kier molecular flexibility index (Phi) is 3.69. The van der Waals surface area contributed by atoms with Crippen molar-refractivity contribution in [1.29, 1.82) is 5.26 Å². The predicted molar refractivity (Wildman–Crippen MR) is 52.2 cm³/mol. The van der Waals surface area contributed by atoms with E-state index < -0.39 is 0 Å². The number of carbonyl (C=O) groups is 1. The number of Topliss-reactive ketones (excluding diaryl/α,β-unsaturated/α-hetero) is 1. The molecule has 0 amide bonds. The summed E-state index contributed by atoms with van der Waals surface area (Å²) in [5.74, 6) is 0.637. The first-order valence-corrected chi connectivity index (χ1v) is 4.32. The topological polar surface area (TPSA) is 50.1 Å². The third-order valence-electron chi connectivity index (χ3n) is 1.86. The summed E-state index contributed by atoms with van der Waals surface area (Å²) in [6.45, 7) is 0. The molecule has 0 aliphatic carbocycles. The average molecular weight is 189 g/mol. The monoisotopic (exact) mass is 189 g/mol. The number of carbonyl (C=O) groups excluding carboxylic acids is 1. The molecule has 0 aliphatic heterocycles. The quantitative estimate of drug-likeness (QED) is 0.682. The maximum atomic E-state index is 11.5. The number of nitrogens with zero attached hydrogens (tertiary/aromatic N) is 1. The van der Waals surface area contributed by atoms with Gasteiger partial charge in [-0.1, -0.05) is 12.1 Å². The molecule has 0 aromatic heterocycles. The standard InChI is InChI=1S/C11H11NO2/c1-14-10-5-2-4-9(8-10)11(13)6-3-7-12/h2,4-5,8H,3,6H2,1H3. The molecule has 0 N–H and O–H groups in total. The summed E-state index contributed by atoms with van der Waals surface area (Å²) >= 11 is 0. The van der Waals surface area contributed by atoms with Crippen LogP contribution in [0.4, 0.5) is 0 Å². The number of benzene rings is 1. The second-order valence-corrected chi connectivity index (χ2v) is 2.81. The van der Waals surface area contributed by atoms with Gasteiger partial charge in [-0.05, 0) is 12.1 Å². The minimum atomic E-state index is -0.0227. The summed E-state index contributed by atoms with van der Waals surface area (Å²) in [6.07, 6.45) is 0.527. The van der Waals surface area contributed by atoms with Crippen LogP contribution in [-0.4, -0.2) is 12.9 Å². The lowest BCUT2D eigenvalue weighted by atomic mass is 10.1. The van der Waals surface area contributed by atoms with Crippen LogP contribution in [0.2, 0.25) is 0 Å². The third kappa shape index (κ3) is 2.60. The van der Waals surface area contributed by atoms with Gasteiger partial charge in [-0.2, -0.15) is 5.26 Å². The van der Waals surface area contributed by atoms with Gasteiger partial charge < -0.3 is 4.74 Å². The Bertz CT molecular complexity index is 366. The highest BCUT2D eigenvalue weighted by atomic mass is 16.5. The molecule has 1 rings (SSSR count). The van der Waals surface area contributed by atoms with Gasteiger partial charge in [0.15, 0.2) is 5.78 Å². The van der Waals surface area contributed by atoms with Crippen molar-refractivity contribution in [2.24, 2.45) is 0 Å². The first kappa shape index (κ1) is 10.3. The second-order valence-electron chi connectivity index (χ2n) is 2.81. The summed E-state index contributed by atoms with van der Waals surface area (Å²) in [5.41, 5.74) is 0.597. The summed E-state index contributed by atoms with van der Waals surface area (Å²) < 4.78 is 4.99. The molecule has 3 heteroatoms. The van der Waals surface area contributed by atoms with Gasteiger partial charge in [-0.25, -0.2) is 0 Å². The summed E-state index contributed by atoms with van der Waals surface area (Å²) in [4.78, 5) is 11.5. The van der Waals surface area contributed by atoms with E-state index in [0.29, 0.717) is 11.3 Å². The van der Waals surface area contributed by atoms with Gasteiger partial charge in [0.2, 0.25) is 0 Å². The Hall–Kier alpha value is -1.82. The van der Waals surface area contributed by atoms with Gasteiger partial charge in [0, 0.05) is 18.4 Å². The predicted octanol–water partition coefficient (Wildman–Crippen LogP) is 2.18. The van der Waals surface area contributed by atoms with Crippen LogP contribution in [0.25, 0.3) is 0 Å². The number of nitriles is 1. The van der Waals surface area contributed by atoms with E-state index >= 15 is 0 Å². The molecule has 0 aliphatic rings. The van der Waals surface area contributed by atoms with E-state index in [4.69, 9.17) is 10.00 Å². The van der Waals surface area contributed by atoms with E-state index in [1.54, 1.807) is 31.4 Å². The molecule has 1 aromatic carbocycles. The maximum absolute atomic E-state index is 11.5. The number of hydrogen-bond donors (Lipinski definition) is 0. The molecule has 0 saturated carbocycles. The van der Waals surface area contributed by atoms with Gasteiger partial charge in [0.25, 0.3) is 0 Å². The average Bonchev–Trinajstić information content (AvgIpc) is 2.26. The number of methoxy groups -OCH3 is 1. The SMILES string of the molecule is COc1cccc(C(=O)CCC#N)c1. The second kappa shape index (κ2) is 5.03. The zero-order chi connectivity index (χ0) is 10.4. The van der Waals surface area contributed by atoms with Crippen LogP contribution in [0.3, 0.4) is 0 Å². The molecule has 0 fully saturated rings. The van der Waals surface area contributed by atoms with Crippen LogP contribution in [0.5, 0.6) is 5.75 Å². The van der Waals surface area contributed by atoms with Crippen molar-refractivity contribution < 1.29 is 9.53 Å². The van der Waals surface area contributed by atoms with Crippen molar-refractivity contribution in [2.45, 2.75) is 12.8 Å². The van der Waals surface area contributed by atoms with E-state index in [1.165, 1.54) is 0 Å². The zero-order valence-electron chi connectivity index (χ0n) is 7.99. The van der Waals surface area contributed by atoms with E-state index in [2.05, 4.69) is 0 Å². The largest absolute Gasteiger partial charge is 0.497 e. The Labute approximate surface area is 82.9 Å². The van der Waals surface area contributed by atoms with Crippen LogP contribution in [0, 0.1) is 11.3 Å². The van der Waals surface area contributed by atoms with Crippen molar-refractivity contribution in [3.63, 3.8) is 0 Å². The molecule has 1 aromatic rings. The van der Waals surface area contributed by atoms with Crippen LogP contribution < -0.4 is 4.74 Å². The van der Waals surface area contributed by atoms with Crippen LogP contribution >= 0.6 is 0 Å². The summed E-state index contributed by atoms with van der Waals surface area (Å²) in [7, 11) is 1.55. The fraction of sp³-hybridized carbons (Fsp3) is 0.273. The minimum Gasteiger partial charge on any atom is -0.497 e. The van der Waals surface area contributed by atoms with E-state index in [0.717, 1.165) is 0 Å². The van der Waals surface area contributed by atoms with Crippen LogP contribution in [0.15, 0.2) is 24.3 Å². The third-order valence-corrected chi connectivity index (χ3v) is 1.86. The lowest BCUT2D eigenvalue weighted by molar-refractivity contribution is 0.0984. The first-order valence-electron chi connectivity index (χ1n) is 4.32. The molecule has 72 valence electrons. The number of hydrogen-bond acceptors (Lipinski definition) is 3. The number of ketones is 1. The Morgan fingerprint density at radius 3 is 3.00 bits per heavy atom. The normalized spacial score (nSPS) is 9.14. The van der Waals surface area contributed by atoms with Gasteiger partial charge in [0.05, 0.1) is 13.2 Å². The molecule has 0 spiro atoms. The fourth-order valence-corrected chi connectivity index (χ4v) is 1.11. The van der Waals surface area contributed by atoms with Crippen LogP contribution in [-0.2, 0) is 0 Å². The van der Waals surface area contributed by atoms with Crippen molar-refractivity contribution in [1.82, 2.24) is 0 Å². The first-order chi connectivity index (χ1) is 6.77. The molecular weight excluding hydrogens is 178 g/mol. The molecular formula is C11H11NO2. The van der Waals surface area contributed by atoms with Crippen molar-refractivity contribution in [3.05, 3.63) is 29.8 Å². The van der Waals surface area contributed by atoms with Gasteiger partial charge in [-0.3, -0.25) is 4.79 Å². The molecule has 0 saturated heterocycles. The van der Waals surface area contributed by atoms with Crippen LogP contribution in [0.1, 0.15) is 23.2 Å². The van der Waals surface area contributed by atoms with Gasteiger partial charge in [-0.15, -0.1) is 0 Å². The van der Waals surface area contributed by atoms with Gasteiger partial charge >= 0.3 is 0 Å². The Morgan fingerprint density at radius 1 is 1.57 bits per heavy atom. The smallest absolute Gasteiger partial charge is 0.164 e. The summed E-state index contributed by atoms with van der Waals surface area (Å²) in [5, 5.41) is 8.34. The fourth-order valence-electron chi connectivity index (χ4n) is 1.11. The molecule has 0 radical (unpaired) electrons. The summed E-state index contributed by atoms with van der Waals surface area (Å²) in [6, 6.07) is 8.89. The Balaban J connectivity index is 2.75. The number of ether oxygens (including phenoxy) is 1. The van der Waals surface area contributed by atoms with Crippen molar-refractivity contribution >= 4 is 5.78 Å². The highest BCUT2D eigenvalue weighted by Gasteiger charge is 2.05. The molecule has 0 unspecified atom stereocenters. The minimum absolute atomic E-state index is 0.0227. The molecule has 14 heavy (non-hydrogen) atoms. The molecule has 0 atom stereocenters. The lowest BCUT2D eigenvalue weighted by Crippen LogP contribution is -1.98.